The first kappa shape index (κ1) is 15.3. The number of benzene rings is 1. The SMILES string of the molecule is O=C(c1ccc2c(-c3ccccc3)coc(CO)c1-2)C(F)(F)F. The zero-order chi connectivity index (χ0) is 16.6. The molecule has 1 aromatic carbocycles. The number of fused-ring (bicyclic) bond motifs is 1. The molecule has 0 radical (unpaired) electrons. The molecule has 0 bridgehead atoms. The maximum atomic E-state index is 12.8. The molecule has 0 amide bonds. The Bertz CT molecular complexity index is 819. The van der Waals surface area contributed by atoms with Gasteiger partial charge in [0.1, 0.15) is 12.4 Å². The molecule has 0 atom stereocenters. The lowest BCUT2D eigenvalue weighted by atomic mass is 9.95. The van der Waals surface area contributed by atoms with Crippen molar-refractivity contribution >= 4 is 5.78 Å². The van der Waals surface area contributed by atoms with Crippen molar-refractivity contribution < 1.29 is 27.5 Å². The van der Waals surface area contributed by atoms with Gasteiger partial charge in [-0.25, -0.2) is 0 Å². The highest BCUT2D eigenvalue weighted by Gasteiger charge is 2.42. The normalized spacial score (nSPS) is 11.8. The number of halogens is 3. The summed E-state index contributed by atoms with van der Waals surface area (Å²) in [5.41, 5.74) is 1.20. The number of carbonyl (C=O) groups excluding carboxylic acids is 1. The van der Waals surface area contributed by atoms with Crippen LogP contribution in [0.25, 0.3) is 22.3 Å². The molecule has 118 valence electrons. The molecule has 1 heterocycles. The minimum atomic E-state index is -4.99. The summed E-state index contributed by atoms with van der Waals surface area (Å²) in [7, 11) is 0. The van der Waals surface area contributed by atoms with Gasteiger partial charge in [-0.05, 0) is 17.2 Å². The number of alkyl halides is 3. The lowest BCUT2D eigenvalue weighted by Crippen LogP contribution is -2.23. The molecule has 0 fully saturated rings. The maximum absolute atomic E-state index is 12.8. The minimum absolute atomic E-state index is 0.00354. The molecular weight excluding hydrogens is 309 g/mol. The molecule has 1 N–H and O–H groups in total. The Kier molecular flexibility index (Phi) is 3.69. The highest BCUT2D eigenvalue weighted by Crippen LogP contribution is 2.41. The molecule has 3 nitrogen and oxygen atoms in total. The van der Waals surface area contributed by atoms with Gasteiger partial charge in [0.2, 0.25) is 0 Å². The topological polar surface area (TPSA) is 50.4 Å². The Hall–Kier alpha value is -2.60. The van der Waals surface area contributed by atoms with Gasteiger partial charge in [-0.2, -0.15) is 13.2 Å². The van der Waals surface area contributed by atoms with E-state index in [-0.39, 0.29) is 11.3 Å². The first-order chi connectivity index (χ1) is 10.9. The summed E-state index contributed by atoms with van der Waals surface area (Å²) in [5.74, 6) is -2.03. The Morgan fingerprint density at radius 1 is 1.04 bits per heavy atom. The average molecular weight is 320 g/mol. The van der Waals surface area contributed by atoms with E-state index in [9.17, 15) is 23.1 Å². The van der Waals surface area contributed by atoms with Gasteiger partial charge in [0.25, 0.3) is 5.78 Å². The van der Waals surface area contributed by atoms with Crippen LogP contribution in [0.5, 0.6) is 0 Å². The van der Waals surface area contributed by atoms with E-state index in [1.807, 2.05) is 6.07 Å². The molecule has 0 saturated heterocycles. The lowest BCUT2D eigenvalue weighted by molar-refractivity contribution is -0.0884. The van der Waals surface area contributed by atoms with Crippen LogP contribution in [0.3, 0.4) is 0 Å². The molecule has 1 aromatic rings. The fraction of sp³-hybridized carbons (Fsp3) is 0.118. The lowest BCUT2D eigenvalue weighted by Gasteiger charge is -2.13. The van der Waals surface area contributed by atoms with Crippen molar-refractivity contribution in [2.75, 3.05) is 0 Å². The van der Waals surface area contributed by atoms with E-state index in [1.165, 1.54) is 12.3 Å². The van der Waals surface area contributed by atoms with Gasteiger partial charge < -0.3 is 9.52 Å². The summed E-state index contributed by atoms with van der Waals surface area (Å²) in [6, 6.07) is 11.5. The van der Waals surface area contributed by atoms with Gasteiger partial charge in [-0.15, -0.1) is 0 Å². The summed E-state index contributed by atoms with van der Waals surface area (Å²) < 4.78 is 43.5. The third-order valence-corrected chi connectivity index (χ3v) is 3.57. The van der Waals surface area contributed by atoms with Crippen molar-refractivity contribution in [2.45, 2.75) is 12.8 Å². The second kappa shape index (κ2) is 5.55. The molecule has 1 aliphatic heterocycles. The summed E-state index contributed by atoms with van der Waals surface area (Å²) in [6.45, 7) is -0.603. The summed E-state index contributed by atoms with van der Waals surface area (Å²) in [4.78, 5) is 11.6. The van der Waals surface area contributed by atoms with E-state index >= 15 is 0 Å². The predicted molar refractivity (Wildman–Crippen MR) is 77.1 cm³/mol. The van der Waals surface area contributed by atoms with Crippen LogP contribution in [0.4, 0.5) is 13.2 Å². The molecule has 0 aromatic heterocycles. The Morgan fingerprint density at radius 2 is 1.74 bits per heavy atom. The first-order valence-electron chi connectivity index (χ1n) is 6.74. The standard InChI is InChI=1S/C17H11F3O3/c18-17(19,20)16(22)12-7-6-11-13(10-4-2-1-3-5-10)9-23-14(8-21)15(11)12/h1-7,9,21H,8H2. The highest BCUT2D eigenvalue weighted by atomic mass is 19.4. The molecule has 6 heteroatoms. The first-order valence-corrected chi connectivity index (χ1v) is 6.74. The molecule has 3 rings (SSSR count). The van der Waals surface area contributed by atoms with E-state index in [2.05, 4.69) is 0 Å². The van der Waals surface area contributed by atoms with E-state index < -0.39 is 24.1 Å². The quantitative estimate of drug-likeness (QED) is 0.733. The minimum Gasteiger partial charge on any atom is -0.466 e. The van der Waals surface area contributed by atoms with E-state index in [1.54, 1.807) is 24.3 Å². The zero-order valence-electron chi connectivity index (χ0n) is 11.7. The molecule has 0 spiro atoms. The predicted octanol–water partition coefficient (Wildman–Crippen LogP) is 4.29. The number of Topliss-reactive ketones (excluding diaryl/α,β-unsaturated/α-hetero) is 1. The molecule has 2 aliphatic rings. The molecule has 1 aliphatic carbocycles. The van der Waals surface area contributed by atoms with Crippen LogP contribution in [-0.2, 0) is 6.61 Å². The number of hydrogen-bond donors (Lipinski definition) is 1. The monoisotopic (exact) mass is 320 g/mol. The summed E-state index contributed by atoms with van der Waals surface area (Å²) >= 11 is 0. The molecule has 0 unspecified atom stereocenters. The number of aliphatic hydroxyl groups excluding tert-OH is 1. The van der Waals surface area contributed by atoms with Crippen molar-refractivity contribution in [3.05, 3.63) is 60.1 Å². The van der Waals surface area contributed by atoms with E-state index in [0.29, 0.717) is 11.1 Å². The Labute approximate surface area is 129 Å². The zero-order valence-corrected chi connectivity index (χ0v) is 11.7. The van der Waals surface area contributed by atoms with Gasteiger partial charge >= 0.3 is 6.18 Å². The molecular formula is C17H11F3O3. The van der Waals surface area contributed by atoms with Gasteiger partial charge in [0, 0.05) is 16.7 Å². The fourth-order valence-corrected chi connectivity index (χ4v) is 2.56. The Morgan fingerprint density at radius 3 is 2.35 bits per heavy atom. The Balaban J connectivity index is 2.22. The number of hydrogen-bond acceptors (Lipinski definition) is 3. The summed E-state index contributed by atoms with van der Waals surface area (Å²) in [6.07, 6.45) is -3.62. The van der Waals surface area contributed by atoms with Gasteiger partial charge in [0.15, 0.2) is 0 Å². The van der Waals surface area contributed by atoms with Crippen LogP contribution >= 0.6 is 0 Å². The third-order valence-electron chi connectivity index (χ3n) is 3.57. The number of aliphatic hydroxyl groups is 1. The smallest absolute Gasteiger partial charge is 0.454 e. The highest BCUT2D eigenvalue weighted by molar-refractivity contribution is 6.08. The average Bonchev–Trinajstić information content (AvgIpc) is 2.98. The third kappa shape index (κ3) is 2.61. The molecule has 23 heavy (non-hydrogen) atoms. The van der Waals surface area contributed by atoms with Crippen LogP contribution in [0, 0.1) is 0 Å². The number of ketones is 1. The van der Waals surface area contributed by atoms with Crippen molar-refractivity contribution in [1.29, 1.82) is 0 Å². The van der Waals surface area contributed by atoms with Crippen LogP contribution in [0.15, 0.2) is 53.1 Å². The van der Waals surface area contributed by atoms with Gasteiger partial charge in [-0.3, -0.25) is 4.79 Å². The van der Waals surface area contributed by atoms with Crippen LogP contribution in [-0.4, -0.2) is 17.1 Å². The fourth-order valence-electron chi connectivity index (χ4n) is 2.56. The second-order valence-corrected chi connectivity index (χ2v) is 4.96. The number of rotatable bonds is 3. The van der Waals surface area contributed by atoms with E-state index in [0.717, 1.165) is 11.6 Å². The van der Waals surface area contributed by atoms with Crippen molar-refractivity contribution in [1.82, 2.24) is 0 Å². The largest absolute Gasteiger partial charge is 0.466 e. The van der Waals surface area contributed by atoms with Crippen LogP contribution < -0.4 is 0 Å². The maximum Gasteiger partial charge on any atom is 0.454 e. The van der Waals surface area contributed by atoms with Gasteiger partial charge in [-0.1, -0.05) is 36.4 Å². The van der Waals surface area contributed by atoms with E-state index in [4.69, 9.17) is 4.42 Å². The van der Waals surface area contributed by atoms with Crippen LogP contribution in [0.1, 0.15) is 16.1 Å². The number of carbonyl (C=O) groups is 1. The van der Waals surface area contributed by atoms with Gasteiger partial charge in [0.05, 0.1) is 6.26 Å². The molecule has 0 saturated carbocycles. The van der Waals surface area contributed by atoms with Crippen molar-refractivity contribution in [3.8, 4) is 22.3 Å². The van der Waals surface area contributed by atoms with Crippen molar-refractivity contribution in [2.24, 2.45) is 0 Å². The summed E-state index contributed by atoms with van der Waals surface area (Å²) in [5, 5.41) is 9.34. The van der Waals surface area contributed by atoms with Crippen molar-refractivity contribution in [3.63, 3.8) is 0 Å². The van der Waals surface area contributed by atoms with Crippen LogP contribution in [0.2, 0.25) is 0 Å². The second-order valence-electron chi connectivity index (χ2n) is 4.96.